The van der Waals surface area contributed by atoms with E-state index in [1.54, 1.807) is 13.0 Å². The highest BCUT2D eigenvalue weighted by Gasteiger charge is 2.19. The van der Waals surface area contributed by atoms with Gasteiger partial charge < -0.3 is 0 Å². The molecule has 0 aromatic carbocycles. The zero-order chi connectivity index (χ0) is 11.4. The molecule has 0 unspecified atom stereocenters. The summed E-state index contributed by atoms with van der Waals surface area (Å²) in [6, 6.07) is 0. The first-order valence-corrected chi connectivity index (χ1v) is 5.72. The van der Waals surface area contributed by atoms with Crippen LogP contribution in [0.5, 0.6) is 0 Å². The molecule has 0 spiro atoms. The van der Waals surface area contributed by atoms with Crippen molar-refractivity contribution in [3.63, 3.8) is 0 Å². The minimum absolute atomic E-state index is 0.223. The smallest absolute Gasteiger partial charge is 0.125 e. The van der Waals surface area contributed by atoms with Crippen LogP contribution in [0.4, 0.5) is 4.39 Å². The Morgan fingerprint density at radius 3 is 2.20 bits per heavy atom. The quantitative estimate of drug-likeness (QED) is 0.584. The van der Waals surface area contributed by atoms with Crippen LogP contribution in [-0.4, -0.2) is 0 Å². The fourth-order valence-electron chi connectivity index (χ4n) is 2.03. The van der Waals surface area contributed by atoms with Crippen molar-refractivity contribution in [2.45, 2.75) is 39.5 Å². The Morgan fingerprint density at radius 2 is 1.73 bits per heavy atom. The standard InChI is InChI=1S/C14H21F/c1-10(2)14(15)9-12(4)13-7-5-11(3)6-8-13/h9,11,13H,1,4-8H2,2-3H3/b14-9+. The molecule has 0 aromatic rings. The van der Waals surface area contributed by atoms with E-state index in [4.69, 9.17) is 0 Å². The lowest BCUT2D eigenvalue weighted by Gasteiger charge is -2.26. The van der Waals surface area contributed by atoms with Gasteiger partial charge in [-0.1, -0.05) is 32.9 Å². The molecule has 1 aliphatic carbocycles. The Bertz CT molecular complexity index is 278. The van der Waals surface area contributed by atoms with Crippen molar-refractivity contribution in [2.75, 3.05) is 0 Å². The molecule has 0 nitrogen and oxygen atoms in total. The molecule has 1 aliphatic rings. The van der Waals surface area contributed by atoms with Crippen LogP contribution < -0.4 is 0 Å². The summed E-state index contributed by atoms with van der Waals surface area (Å²) in [4.78, 5) is 0. The van der Waals surface area contributed by atoms with Crippen molar-refractivity contribution >= 4 is 0 Å². The third-order valence-electron chi connectivity index (χ3n) is 3.26. The largest absolute Gasteiger partial charge is 0.207 e. The molecule has 0 radical (unpaired) electrons. The number of halogens is 1. The van der Waals surface area contributed by atoms with Gasteiger partial charge in [0.05, 0.1) is 0 Å². The Morgan fingerprint density at radius 1 is 1.20 bits per heavy atom. The number of allylic oxidation sites excluding steroid dienone is 4. The van der Waals surface area contributed by atoms with Crippen molar-refractivity contribution in [3.8, 4) is 0 Å². The summed E-state index contributed by atoms with van der Waals surface area (Å²) in [7, 11) is 0. The van der Waals surface area contributed by atoms with E-state index in [-0.39, 0.29) is 5.83 Å². The fourth-order valence-corrected chi connectivity index (χ4v) is 2.03. The van der Waals surface area contributed by atoms with Gasteiger partial charge in [-0.2, -0.15) is 0 Å². The first kappa shape index (κ1) is 12.2. The molecule has 1 rings (SSSR count). The highest BCUT2D eigenvalue weighted by Crippen LogP contribution is 2.33. The van der Waals surface area contributed by atoms with Crippen molar-refractivity contribution in [1.29, 1.82) is 0 Å². The van der Waals surface area contributed by atoms with Crippen LogP contribution in [-0.2, 0) is 0 Å². The topological polar surface area (TPSA) is 0 Å². The lowest BCUT2D eigenvalue weighted by Crippen LogP contribution is -2.13. The average Bonchev–Trinajstić information content (AvgIpc) is 2.18. The van der Waals surface area contributed by atoms with E-state index >= 15 is 0 Å². The molecular weight excluding hydrogens is 187 g/mol. The van der Waals surface area contributed by atoms with Gasteiger partial charge >= 0.3 is 0 Å². The van der Waals surface area contributed by atoms with Crippen molar-refractivity contribution in [3.05, 3.63) is 36.2 Å². The monoisotopic (exact) mass is 208 g/mol. The molecule has 0 aromatic heterocycles. The molecule has 15 heavy (non-hydrogen) atoms. The second-order valence-electron chi connectivity index (χ2n) is 4.80. The van der Waals surface area contributed by atoms with Crippen molar-refractivity contribution in [2.24, 2.45) is 11.8 Å². The molecule has 1 fully saturated rings. The first-order valence-electron chi connectivity index (χ1n) is 5.72. The number of rotatable bonds is 3. The first-order chi connectivity index (χ1) is 7.00. The van der Waals surface area contributed by atoms with Gasteiger partial charge in [0.15, 0.2) is 0 Å². The highest BCUT2D eigenvalue weighted by molar-refractivity contribution is 5.29. The molecule has 0 heterocycles. The van der Waals surface area contributed by atoms with Crippen molar-refractivity contribution < 1.29 is 4.39 Å². The zero-order valence-corrected chi connectivity index (χ0v) is 9.85. The van der Waals surface area contributed by atoms with Gasteiger partial charge in [-0.05, 0) is 48.8 Å². The lowest BCUT2D eigenvalue weighted by atomic mass is 9.79. The predicted octanol–water partition coefficient (Wildman–Crippen LogP) is 4.80. The fraction of sp³-hybridized carbons (Fsp3) is 0.571. The summed E-state index contributed by atoms with van der Waals surface area (Å²) in [6.07, 6.45) is 6.35. The van der Waals surface area contributed by atoms with Crippen LogP contribution in [0.25, 0.3) is 0 Å². The summed E-state index contributed by atoms with van der Waals surface area (Å²) in [6.45, 7) is 11.5. The van der Waals surface area contributed by atoms with E-state index < -0.39 is 0 Å². The third kappa shape index (κ3) is 3.65. The van der Waals surface area contributed by atoms with Gasteiger partial charge in [0.2, 0.25) is 0 Å². The SMILES string of the molecule is C=C(C)/C(F)=C\C(=C)C1CCC(C)CC1. The Kier molecular flexibility index (Phi) is 4.31. The van der Waals surface area contributed by atoms with E-state index in [1.165, 1.54) is 12.8 Å². The second kappa shape index (κ2) is 5.29. The average molecular weight is 208 g/mol. The molecule has 0 saturated heterocycles. The van der Waals surface area contributed by atoms with Gasteiger partial charge in [0.25, 0.3) is 0 Å². The summed E-state index contributed by atoms with van der Waals surface area (Å²) < 4.78 is 13.3. The maximum atomic E-state index is 13.3. The van der Waals surface area contributed by atoms with E-state index in [9.17, 15) is 4.39 Å². The van der Waals surface area contributed by atoms with Gasteiger partial charge in [0, 0.05) is 0 Å². The van der Waals surface area contributed by atoms with Crippen LogP contribution in [0.1, 0.15) is 39.5 Å². The Labute approximate surface area is 92.6 Å². The molecule has 0 N–H and O–H groups in total. The molecule has 0 aliphatic heterocycles. The van der Waals surface area contributed by atoms with Crippen LogP contribution >= 0.6 is 0 Å². The molecule has 1 saturated carbocycles. The predicted molar refractivity (Wildman–Crippen MR) is 64.3 cm³/mol. The summed E-state index contributed by atoms with van der Waals surface area (Å²) >= 11 is 0. The number of hydrogen-bond acceptors (Lipinski definition) is 0. The summed E-state index contributed by atoms with van der Waals surface area (Å²) in [5, 5.41) is 0. The molecule has 1 heteroatoms. The summed E-state index contributed by atoms with van der Waals surface area (Å²) in [5.41, 5.74) is 1.42. The Hall–Kier alpha value is -0.850. The van der Waals surface area contributed by atoms with Gasteiger partial charge in [-0.25, -0.2) is 4.39 Å². The highest BCUT2D eigenvalue weighted by atomic mass is 19.1. The molecule has 0 bridgehead atoms. The van der Waals surface area contributed by atoms with Crippen LogP contribution in [0, 0.1) is 11.8 Å². The van der Waals surface area contributed by atoms with E-state index in [0.29, 0.717) is 11.5 Å². The molecule has 84 valence electrons. The normalized spacial score (nSPS) is 27.5. The minimum atomic E-state index is -0.223. The molecular formula is C14H21F. The van der Waals surface area contributed by atoms with Crippen molar-refractivity contribution in [1.82, 2.24) is 0 Å². The van der Waals surface area contributed by atoms with Crippen LogP contribution in [0.2, 0.25) is 0 Å². The van der Waals surface area contributed by atoms with Gasteiger partial charge in [-0.3, -0.25) is 0 Å². The van der Waals surface area contributed by atoms with E-state index in [2.05, 4.69) is 20.1 Å². The van der Waals surface area contributed by atoms with Gasteiger partial charge in [0.1, 0.15) is 5.83 Å². The minimum Gasteiger partial charge on any atom is -0.207 e. The van der Waals surface area contributed by atoms with E-state index in [1.807, 2.05) is 0 Å². The van der Waals surface area contributed by atoms with E-state index in [0.717, 1.165) is 24.3 Å². The van der Waals surface area contributed by atoms with Gasteiger partial charge in [-0.15, -0.1) is 0 Å². The Balaban J connectivity index is 2.54. The maximum absolute atomic E-state index is 13.3. The lowest BCUT2D eigenvalue weighted by molar-refractivity contribution is 0.323. The van der Waals surface area contributed by atoms with Crippen LogP contribution in [0.3, 0.4) is 0 Å². The third-order valence-corrected chi connectivity index (χ3v) is 3.26. The summed E-state index contributed by atoms with van der Waals surface area (Å²) in [5.74, 6) is 1.08. The second-order valence-corrected chi connectivity index (χ2v) is 4.80. The zero-order valence-electron chi connectivity index (χ0n) is 9.85. The molecule has 0 atom stereocenters. The van der Waals surface area contributed by atoms with Crippen LogP contribution in [0.15, 0.2) is 36.2 Å². The maximum Gasteiger partial charge on any atom is 0.125 e. The molecule has 0 amide bonds. The number of hydrogen-bond donors (Lipinski definition) is 0.